The van der Waals surface area contributed by atoms with Gasteiger partial charge in [-0.25, -0.2) is 8.78 Å². The summed E-state index contributed by atoms with van der Waals surface area (Å²) >= 11 is 0. The number of nitrogens with zero attached hydrogens (tertiary/aromatic N) is 1. The van der Waals surface area contributed by atoms with Crippen molar-refractivity contribution in [3.8, 4) is 11.5 Å². The fourth-order valence-electron chi connectivity index (χ4n) is 5.08. The highest BCUT2D eigenvalue weighted by molar-refractivity contribution is 6.04. The van der Waals surface area contributed by atoms with Gasteiger partial charge in [-0.2, -0.15) is 0 Å². The smallest absolute Gasteiger partial charge is 0.255 e. The van der Waals surface area contributed by atoms with Gasteiger partial charge in [-0.15, -0.1) is 0 Å². The third-order valence-corrected chi connectivity index (χ3v) is 7.17. The van der Waals surface area contributed by atoms with E-state index in [1.165, 1.54) is 31.9 Å². The number of fused-ring (bicyclic) bond motifs is 1. The molecule has 0 unspecified atom stereocenters. The van der Waals surface area contributed by atoms with Crippen LogP contribution in [0.2, 0.25) is 0 Å². The van der Waals surface area contributed by atoms with Crippen LogP contribution in [0.5, 0.6) is 11.5 Å². The third kappa shape index (κ3) is 6.92. The Morgan fingerprint density at radius 3 is 2.31 bits per heavy atom. The van der Waals surface area contributed by atoms with E-state index in [0.29, 0.717) is 47.0 Å². The summed E-state index contributed by atoms with van der Waals surface area (Å²) in [6.07, 6.45) is 0.804. The lowest BCUT2D eigenvalue weighted by molar-refractivity contribution is 0.0950. The van der Waals surface area contributed by atoms with E-state index in [1.54, 1.807) is 36.4 Å². The molecule has 4 aromatic carbocycles. The fourth-order valence-corrected chi connectivity index (χ4v) is 5.08. The van der Waals surface area contributed by atoms with E-state index in [-0.39, 0.29) is 18.4 Å². The summed E-state index contributed by atoms with van der Waals surface area (Å²) in [5.41, 5.74) is 5.14. The van der Waals surface area contributed by atoms with Gasteiger partial charge in [0.15, 0.2) is 11.5 Å². The highest BCUT2D eigenvalue weighted by Crippen LogP contribution is 2.28. The zero-order valence-electron chi connectivity index (χ0n) is 23.4. The Labute approximate surface area is 243 Å². The lowest BCUT2D eigenvalue weighted by Crippen LogP contribution is -2.30. The van der Waals surface area contributed by atoms with E-state index >= 15 is 0 Å². The first-order chi connectivity index (χ1) is 20.3. The SMILES string of the molecule is COc1ccc(C(=O)NCc2cccc(C(=O)Nc3ccc4c(c3)CN(Cc3cc(F)cc(F)c3)CC4)c2)cc1OC. The Balaban J connectivity index is 1.20. The van der Waals surface area contributed by atoms with Crippen molar-refractivity contribution in [2.24, 2.45) is 0 Å². The normalized spacial score (nSPS) is 12.8. The monoisotopic (exact) mass is 571 g/mol. The largest absolute Gasteiger partial charge is 0.493 e. The minimum absolute atomic E-state index is 0.234. The molecule has 0 aromatic heterocycles. The second-order valence-corrected chi connectivity index (χ2v) is 10.1. The van der Waals surface area contributed by atoms with Crippen molar-refractivity contribution in [3.63, 3.8) is 0 Å². The molecule has 216 valence electrons. The second-order valence-electron chi connectivity index (χ2n) is 10.1. The lowest BCUT2D eigenvalue weighted by atomic mass is 9.98. The highest BCUT2D eigenvalue weighted by atomic mass is 19.1. The van der Waals surface area contributed by atoms with E-state index in [0.717, 1.165) is 30.2 Å². The maximum Gasteiger partial charge on any atom is 0.255 e. The number of rotatable bonds is 9. The molecule has 0 saturated heterocycles. The molecule has 0 atom stereocenters. The van der Waals surface area contributed by atoms with Crippen molar-refractivity contribution in [1.82, 2.24) is 10.2 Å². The Hall–Kier alpha value is -4.76. The number of ether oxygens (including phenoxy) is 2. The molecule has 0 spiro atoms. The standard InChI is InChI=1S/C33H31F2N3O4/c1-41-30-9-7-25(16-31(30)42-2)32(39)36-18-21-4-3-5-24(12-21)33(40)37-29-8-6-23-10-11-38(20-26(23)15-29)19-22-13-27(34)17-28(35)14-22/h3-9,12-17H,10-11,18-20H2,1-2H3,(H,36,39)(H,37,40). The molecule has 7 nitrogen and oxygen atoms in total. The van der Waals surface area contributed by atoms with Gasteiger partial charge in [0.1, 0.15) is 11.6 Å². The van der Waals surface area contributed by atoms with Crippen LogP contribution >= 0.6 is 0 Å². The van der Waals surface area contributed by atoms with Gasteiger partial charge in [0, 0.05) is 49.1 Å². The van der Waals surface area contributed by atoms with Crippen LogP contribution in [0.15, 0.2) is 78.9 Å². The molecular weight excluding hydrogens is 540 g/mol. The summed E-state index contributed by atoms with van der Waals surface area (Å²) in [6.45, 7) is 2.04. The summed E-state index contributed by atoms with van der Waals surface area (Å²) in [5, 5.41) is 5.83. The number of methoxy groups -OCH3 is 2. The van der Waals surface area contributed by atoms with E-state index in [9.17, 15) is 18.4 Å². The lowest BCUT2D eigenvalue weighted by Gasteiger charge is -2.29. The van der Waals surface area contributed by atoms with Gasteiger partial charge in [-0.3, -0.25) is 14.5 Å². The van der Waals surface area contributed by atoms with Crippen molar-refractivity contribution < 1.29 is 27.8 Å². The Bertz CT molecular complexity index is 1600. The van der Waals surface area contributed by atoms with Gasteiger partial charge in [-0.05, 0) is 83.3 Å². The van der Waals surface area contributed by atoms with Crippen molar-refractivity contribution in [2.75, 3.05) is 26.1 Å². The molecule has 0 aliphatic carbocycles. The van der Waals surface area contributed by atoms with Crippen LogP contribution in [0.1, 0.15) is 43.0 Å². The molecule has 1 aliphatic rings. The van der Waals surface area contributed by atoms with E-state index in [2.05, 4.69) is 15.5 Å². The first-order valence-electron chi connectivity index (χ1n) is 13.5. The van der Waals surface area contributed by atoms with Crippen LogP contribution in [0.4, 0.5) is 14.5 Å². The molecule has 0 radical (unpaired) electrons. The number of hydrogen-bond acceptors (Lipinski definition) is 5. The third-order valence-electron chi connectivity index (χ3n) is 7.17. The van der Waals surface area contributed by atoms with E-state index < -0.39 is 11.6 Å². The number of halogens is 2. The molecular formula is C33H31F2N3O4. The zero-order valence-corrected chi connectivity index (χ0v) is 23.4. The summed E-state index contributed by atoms with van der Waals surface area (Å²) < 4.78 is 37.8. The molecule has 0 saturated carbocycles. The second kappa shape index (κ2) is 12.8. The number of amides is 2. The Morgan fingerprint density at radius 1 is 0.786 bits per heavy atom. The van der Waals surface area contributed by atoms with Crippen LogP contribution < -0.4 is 20.1 Å². The topological polar surface area (TPSA) is 79.9 Å². The van der Waals surface area contributed by atoms with Crippen LogP contribution in [-0.4, -0.2) is 37.5 Å². The average Bonchev–Trinajstić information content (AvgIpc) is 2.99. The van der Waals surface area contributed by atoms with Crippen molar-refractivity contribution >= 4 is 17.5 Å². The highest BCUT2D eigenvalue weighted by Gasteiger charge is 2.18. The molecule has 1 heterocycles. The first kappa shape index (κ1) is 28.8. The van der Waals surface area contributed by atoms with Crippen LogP contribution in [0.25, 0.3) is 0 Å². The minimum atomic E-state index is -0.586. The van der Waals surface area contributed by atoms with Gasteiger partial charge < -0.3 is 20.1 Å². The summed E-state index contributed by atoms with van der Waals surface area (Å²) in [4.78, 5) is 27.9. The van der Waals surface area contributed by atoms with Crippen molar-refractivity contribution in [2.45, 2.75) is 26.1 Å². The fraction of sp³-hybridized carbons (Fsp3) is 0.212. The number of benzene rings is 4. The summed E-state index contributed by atoms with van der Waals surface area (Å²) in [7, 11) is 3.04. The van der Waals surface area contributed by atoms with Crippen molar-refractivity contribution in [1.29, 1.82) is 0 Å². The molecule has 42 heavy (non-hydrogen) atoms. The molecule has 4 aromatic rings. The minimum Gasteiger partial charge on any atom is -0.493 e. The van der Waals surface area contributed by atoms with Crippen LogP contribution in [0.3, 0.4) is 0 Å². The number of anilines is 1. The average molecular weight is 572 g/mol. The molecule has 2 amide bonds. The van der Waals surface area contributed by atoms with Gasteiger partial charge in [0.05, 0.1) is 14.2 Å². The van der Waals surface area contributed by atoms with Gasteiger partial charge in [0.2, 0.25) is 0 Å². The molecule has 0 fully saturated rings. The van der Waals surface area contributed by atoms with Gasteiger partial charge in [0.25, 0.3) is 11.8 Å². The predicted octanol–water partition coefficient (Wildman–Crippen LogP) is 5.72. The number of carbonyl (C=O) groups is 2. The maximum absolute atomic E-state index is 13.6. The number of carbonyl (C=O) groups excluding carboxylic acids is 2. The van der Waals surface area contributed by atoms with E-state index in [4.69, 9.17) is 9.47 Å². The zero-order chi connectivity index (χ0) is 29.6. The summed E-state index contributed by atoms with van der Waals surface area (Å²) in [6, 6.07) is 21.4. The first-order valence-corrected chi connectivity index (χ1v) is 13.5. The van der Waals surface area contributed by atoms with Gasteiger partial charge in [-0.1, -0.05) is 18.2 Å². The molecule has 5 rings (SSSR count). The maximum atomic E-state index is 13.6. The Kier molecular flexibility index (Phi) is 8.78. The number of hydrogen-bond donors (Lipinski definition) is 2. The van der Waals surface area contributed by atoms with E-state index in [1.807, 2.05) is 24.3 Å². The number of nitrogens with one attached hydrogen (secondary N) is 2. The van der Waals surface area contributed by atoms with Gasteiger partial charge >= 0.3 is 0 Å². The quantitative estimate of drug-likeness (QED) is 0.269. The predicted molar refractivity (Wildman–Crippen MR) is 156 cm³/mol. The molecule has 1 aliphatic heterocycles. The Morgan fingerprint density at radius 2 is 1.55 bits per heavy atom. The van der Waals surface area contributed by atoms with Crippen molar-refractivity contribution in [3.05, 3.63) is 124 Å². The molecule has 2 N–H and O–H groups in total. The summed E-state index contributed by atoms with van der Waals surface area (Å²) in [5.74, 6) is -0.735. The molecule has 0 bridgehead atoms. The van der Waals surface area contributed by atoms with Crippen LogP contribution in [-0.2, 0) is 26.1 Å². The molecule has 9 heteroatoms. The van der Waals surface area contributed by atoms with Crippen LogP contribution in [0, 0.1) is 11.6 Å².